The van der Waals surface area contributed by atoms with E-state index in [0.29, 0.717) is 18.0 Å². The molecule has 0 radical (unpaired) electrons. The van der Waals surface area contributed by atoms with Gasteiger partial charge in [-0.05, 0) is 75.5 Å². The summed E-state index contributed by atoms with van der Waals surface area (Å²) in [5.74, 6) is -1.64. The summed E-state index contributed by atoms with van der Waals surface area (Å²) in [6.07, 6.45) is 9.52. The Morgan fingerprint density at radius 3 is 2.38 bits per heavy atom. The van der Waals surface area contributed by atoms with Gasteiger partial charge in [0.25, 0.3) is 0 Å². The molecule has 1 saturated carbocycles. The second-order valence-electron chi connectivity index (χ2n) is 9.20. The van der Waals surface area contributed by atoms with Gasteiger partial charge >= 0.3 is 11.9 Å². The minimum absolute atomic E-state index is 0.0566. The molecule has 5 nitrogen and oxygen atoms in total. The van der Waals surface area contributed by atoms with E-state index in [1.807, 2.05) is 18.2 Å². The molecule has 5 heteroatoms. The molecule has 2 saturated heterocycles. The normalized spacial score (nSPS) is 28.8. The quantitative estimate of drug-likeness (QED) is 0.716. The van der Waals surface area contributed by atoms with Crippen LogP contribution in [-0.2, 0) is 14.3 Å². The maximum absolute atomic E-state index is 13.1. The number of carboxylic acid groups (broad SMARTS) is 1. The first-order valence-electron chi connectivity index (χ1n) is 11.3. The van der Waals surface area contributed by atoms with Crippen LogP contribution in [0, 0.1) is 0 Å². The number of carbonyl (C=O) groups is 2. The zero-order valence-electron chi connectivity index (χ0n) is 17.4. The lowest BCUT2D eigenvalue weighted by molar-refractivity contribution is -0.155. The Kier molecular flexibility index (Phi) is 6.23. The van der Waals surface area contributed by atoms with Gasteiger partial charge in [-0.1, -0.05) is 30.7 Å². The molecule has 158 valence electrons. The van der Waals surface area contributed by atoms with Gasteiger partial charge in [0.15, 0.2) is 0 Å². The van der Waals surface area contributed by atoms with Gasteiger partial charge in [-0.2, -0.15) is 0 Å². The lowest BCUT2D eigenvalue weighted by Gasteiger charge is -2.37. The Morgan fingerprint density at radius 1 is 1.07 bits per heavy atom. The first kappa shape index (κ1) is 20.4. The van der Waals surface area contributed by atoms with E-state index in [2.05, 4.69) is 18.0 Å². The molecule has 3 aliphatic rings. The smallest absolute Gasteiger partial charge is 0.314 e. The summed E-state index contributed by atoms with van der Waals surface area (Å²) in [6, 6.07) is 9.19. The van der Waals surface area contributed by atoms with E-state index in [0.717, 1.165) is 49.7 Å². The summed E-state index contributed by atoms with van der Waals surface area (Å²) in [7, 11) is 2.22. The number of esters is 1. The van der Waals surface area contributed by atoms with Gasteiger partial charge in [-0.15, -0.1) is 0 Å². The second kappa shape index (κ2) is 8.86. The number of aliphatic carboxylic acids is 1. The van der Waals surface area contributed by atoms with Crippen LogP contribution in [0.2, 0.25) is 0 Å². The molecule has 1 N–H and O–H groups in total. The largest absolute Gasteiger partial charge is 0.481 e. The Morgan fingerprint density at radius 2 is 1.72 bits per heavy atom. The maximum Gasteiger partial charge on any atom is 0.314 e. The molecule has 4 rings (SSSR count). The van der Waals surface area contributed by atoms with Crippen LogP contribution < -0.4 is 0 Å². The molecule has 1 aliphatic carbocycles. The third-order valence-electron chi connectivity index (χ3n) is 7.41. The van der Waals surface area contributed by atoms with Crippen molar-refractivity contribution in [3.63, 3.8) is 0 Å². The van der Waals surface area contributed by atoms with Crippen LogP contribution in [0.5, 0.6) is 0 Å². The van der Waals surface area contributed by atoms with Crippen molar-refractivity contribution in [2.75, 3.05) is 7.05 Å². The zero-order chi connectivity index (χ0) is 20.4. The highest BCUT2D eigenvalue weighted by molar-refractivity contribution is 5.84. The number of ether oxygens (including phenoxy) is 1. The van der Waals surface area contributed by atoms with Crippen LogP contribution in [0.3, 0.4) is 0 Å². The Hall–Kier alpha value is -1.88. The van der Waals surface area contributed by atoms with E-state index in [1.54, 1.807) is 0 Å². The van der Waals surface area contributed by atoms with Crippen molar-refractivity contribution >= 4 is 11.9 Å². The van der Waals surface area contributed by atoms with E-state index in [1.165, 1.54) is 19.3 Å². The third-order valence-corrected chi connectivity index (χ3v) is 7.41. The summed E-state index contributed by atoms with van der Waals surface area (Å²) < 4.78 is 5.81. The van der Waals surface area contributed by atoms with Crippen molar-refractivity contribution in [1.29, 1.82) is 0 Å². The number of piperidine rings is 1. The second-order valence-corrected chi connectivity index (χ2v) is 9.20. The zero-order valence-corrected chi connectivity index (χ0v) is 17.4. The predicted molar refractivity (Wildman–Crippen MR) is 111 cm³/mol. The number of carbonyl (C=O) groups excluding carboxylic acids is 1. The number of fused-ring (bicyclic) bond motifs is 2. The molecule has 0 aromatic heterocycles. The first-order chi connectivity index (χ1) is 14.0. The molecule has 3 fully saturated rings. The molecule has 1 aromatic rings. The van der Waals surface area contributed by atoms with E-state index in [9.17, 15) is 14.7 Å². The van der Waals surface area contributed by atoms with Crippen molar-refractivity contribution in [3.05, 3.63) is 35.4 Å². The van der Waals surface area contributed by atoms with Crippen LogP contribution in [0.1, 0.15) is 87.2 Å². The summed E-state index contributed by atoms with van der Waals surface area (Å²) >= 11 is 0. The molecule has 29 heavy (non-hydrogen) atoms. The van der Waals surface area contributed by atoms with Crippen molar-refractivity contribution in [2.45, 2.75) is 94.2 Å². The maximum atomic E-state index is 13.1. The predicted octanol–water partition coefficient (Wildman–Crippen LogP) is 4.46. The van der Waals surface area contributed by atoms with Crippen molar-refractivity contribution in [3.8, 4) is 0 Å². The number of hydrogen-bond donors (Lipinski definition) is 1. The highest BCUT2D eigenvalue weighted by Crippen LogP contribution is 2.44. The molecule has 3 unspecified atom stereocenters. The lowest BCUT2D eigenvalue weighted by atomic mass is 9.79. The highest BCUT2D eigenvalue weighted by Gasteiger charge is 2.40. The van der Waals surface area contributed by atoms with Crippen molar-refractivity contribution in [2.24, 2.45) is 0 Å². The van der Waals surface area contributed by atoms with Gasteiger partial charge in [0.1, 0.15) is 6.10 Å². The van der Waals surface area contributed by atoms with Gasteiger partial charge in [0, 0.05) is 12.1 Å². The molecule has 0 spiro atoms. The van der Waals surface area contributed by atoms with Crippen LogP contribution in [0.4, 0.5) is 0 Å². The standard InChI is InChI=1S/C24H33NO4/c1-25-17-11-12-18(25)14-16(13-17)20-9-5-6-10-21(20)22(15-23(26)27)24(28)29-19-7-3-2-4-8-19/h5-6,9-10,16-19,22H,2-4,7-8,11-15H2,1H3,(H,26,27). The van der Waals surface area contributed by atoms with Gasteiger partial charge in [0.2, 0.25) is 0 Å². The molecule has 3 atom stereocenters. The minimum atomic E-state index is -0.950. The van der Waals surface area contributed by atoms with Crippen molar-refractivity contribution in [1.82, 2.24) is 4.90 Å². The summed E-state index contributed by atoms with van der Waals surface area (Å²) in [4.78, 5) is 27.2. The average Bonchev–Trinajstić information content (AvgIpc) is 2.92. The van der Waals surface area contributed by atoms with Crippen LogP contribution in [-0.4, -0.2) is 47.2 Å². The Balaban J connectivity index is 1.58. The molecular formula is C24H33NO4. The number of nitrogens with zero attached hydrogens (tertiary/aromatic N) is 1. The molecule has 2 heterocycles. The Bertz CT molecular complexity index is 728. The first-order valence-corrected chi connectivity index (χ1v) is 11.3. The molecule has 0 amide bonds. The Labute approximate surface area is 173 Å². The summed E-state index contributed by atoms with van der Waals surface area (Å²) in [6.45, 7) is 0. The number of hydrogen-bond acceptors (Lipinski definition) is 4. The summed E-state index contributed by atoms with van der Waals surface area (Å²) in [5.41, 5.74) is 2.02. The average molecular weight is 400 g/mol. The number of rotatable bonds is 6. The van der Waals surface area contributed by atoms with Gasteiger partial charge < -0.3 is 14.7 Å². The van der Waals surface area contributed by atoms with E-state index in [-0.39, 0.29) is 18.5 Å². The monoisotopic (exact) mass is 399 g/mol. The van der Waals surface area contributed by atoms with Crippen LogP contribution in [0.25, 0.3) is 0 Å². The molecular weight excluding hydrogens is 366 g/mol. The van der Waals surface area contributed by atoms with Crippen LogP contribution >= 0.6 is 0 Å². The molecule has 2 aliphatic heterocycles. The molecule has 2 bridgehead atoms. The fourth-order valence-electron chi connectivity index (χ4n) is 5.79. The number of carboxylic acids is 1. The summed E-state index contributed by atoms with van der Waals surface area (Å²) in [5, 5.41) is 9.52. The fraction of sp³-hybridized carbons (Fsp3) is 0.667. The highest BCUT2D eigenvalue weighted by atomic mass is 16.5. The van der Waals surface area contributed by atoms with Gasteiger partial charge in [-0.3, -0.25) is 9.59 Å². The number of benzene rings is 1. The van der Waals surface area contributed by atoms with E-state index >= 15 is 0 Å². The van der Waals surface area contributed by atoms with Gasteiger partial charge in [-0.25, -0.2) is 0 Å². The molecule has 1 aromatic carbocycles. The third kappa shape index (κ3) is 4.50. The topological polar surface area (TPSA) is 66.8 Å². The van der Waals surface area contributed by atoms with E-state index < -0.39 is 11.9 Å². The lowest BCUT2D eigenvalue weighted by Crippen LogP contribution is -2.39. The van der Waals surface area contributed by atoms with Gasteiger partial charge in [0.05, 0.1) is 12.3 Å². The van der Waals surface area contributed by atoms with Crippen molar-refractivity contribution < 1.29 is 19.4 Å². The minimum Gasteiger partial charge on any atom is -0.481 e. The van der Waals surface area contributed by atoms with E-state index in [4.69, 9.17) is 4.74 Å². The van der Waals surface area contributed by atoms with Crippen LogP contribution in [0.15, 0.2) is 24.3 Å². The SMILES string of the molecule is CN1C2CCC1CC(c1ccccc1C(CC(=O)O)C(=O)OC1CCCCC1)C2. The fourth-order valence-corrected chi connectivity index (χ4v) is 5.79.